The molecule has 0 unspecified atom stereocenters. The van der Waals surface area contributed by atoms with E-state index in [4.69, 9.17) is 4.74 Å². The van der Waals surface area contributed by atoms with Gasteiger partial charge in [0.05, 0.1) is 17.0 Å². The minimum absolute atomic E-state index is 0.201. The average Bonchev–Trinajstić information content (AvgIpc) is 2.23. The number of benzene rings is 1. The third-order valence-electron chi connectivity index (χ3n) is 3.66. The van der Waals surface area contributed by atoms with Gasteiger partial charge in [0.2, 0.25) is 0 Å². The van der Waals surface area contributed by atoms with Crippen molar-refractivity contribution in [2.24, 2.45) is 0 Å². The molecule has 0 bridgehead atoms. The van der Waals surface area contributed by atoms with Crippen LogP contribution in [-0.4, -0.2) is 18.2 Å². The van der Waals surface area contributed by atoms with Crippen LogP contribution >= 0.6 is 15.9 Å². The number of hydrogen-bond acceptors (Lipinski definition) is 2. The molecular formula is C13H14BrFO3. The minimum atomic E-state index is -1.02. The molecule has 1 saturated carbocycles. The number of carbonyl (C=O) groups is 1. The van der Waals surface area contributed by atoms with E-state index in [9.17, 15) is 14.3 Å². The van der Waals surface area contributed by atoms with Gasteiger partial charge >= 0.3 is 5.97 Å². The maximum absolute atomic E-state index is 13.8. The normalized spacial score (nSPS) is 17.1. The van der Waals surface area contributed by atoms with Crippen molar-refractivity contribution < 1.29 is 19.0 Å². The van der Waals surface area contributed by atoms with Crippen molar-refractivity contribution in [1.29, 1.82) is 0 Å². The summed E-state index contributed by atoms with van der Waals surface area (Å²) in [6.07, 6.45) is 1.86. The highest BCUT2D eigenvalue weighted by molar-refractivity contribution is 9.10. The fourth-order valence-corrected chi connectivity index (χ4v) is 3.20. The van der Waals surface area contributed by atoms with E-state index in [1.165, 1.54) is 13.2 Å². The molecule has 0 aliphatic heterocycles. The average molecular weight is 317 g/mol. The molecule has 2 rings (SSSR count). The standard InChI is InChI=1S/C13H14BrFO3/c1-7-6-8(15)10(14)9(11(7)18-2)13(12(16)17)4-3-5-13/h6H,3-5H2,1-2H3,(H,16,17). The quantitative estimate of drug-likeness (QED) is 0.929. The van der Waals surface area contributed by atoms with Crippen molar-refractivity contribution in [1.82, 2.24) is 0 Å². The predicted molar refractivity (Wildman–Crippen MR) is 68.6 cm³/mol. The molecule has 0 radical (unpaired) electrons. The lowest BCUT2D eigenvalue weighted by atomic mass is 9.64. The number of halogens is 2. The van der Waals surface area contributed by atoms with Crippen LogP contribution in [0, 0.1) is 12.7 Å². The first kappa shape index (κ1) is 13.3. The second-order valence-corrected chi connectivity index (χ2v) is 5.43. The van der Waals surface area contributed by atoms with Crippen LogP contribution in [0.4, 0.5) is 4.39 Å². The number of methoxy groups -OCH3 is 1. The molecule has 1 aromatic carbocycles. The molecule has 1 aliphatic carbocycles. The molecule has 3 nitrogen and oxygen atoms in total. The summed E-state index contributed by atoms with van der Waals surface area (Å²) in [5, 5.41) is 9.46. The molecule has 98 valence electrons. The molecule has 1 N–H and O–H groups in total. The van der Waals surface area contributed by atoms with Crippen LogP contribution in [0.25, 0.3) is 0 Å². The van der Waals surface area contributed by atoms with Crippen LogP contribution in [0.1, 0.15) is 30.4 Å². The highest BCUT2D eigenvalue weighted by Crippen LogP contribution is 2.51. The minimum Gasteiger partial charge on any atom is -0.496 e. The van der Waals surface area contributed by atoms with E-state index in [2.05, 4.69) is 15.9 Å². The number of aryl methyl sites for hydroxylation is 1. The predicted octanol–water partition coefficient (Wildman–Crippen LogP) is 3.41. The van der Waals surface area contributed by atoms with Gasteiger partial charge in [-0.2, -0.15) is 0 Å². The lowest BCUT2D eigenvalue weighted by Crippen LogP contribution is -2.43. The van der Waals surface area contributed by atoms with Gasteiger partial charge in [-0.1, -0.05) is 6.42 Å². The Morgan fingerprint density at radius 3 is 2.56 bits per heavy atom. The molecular weight excluding hydrogens is 303 g/mol. The first-order valence-electron chi connectivity index (χ1n) is 5.70. The summed E-state index contributed by atoms with van der Waals surface area (Å²) in [6.45, 7) is 1.71. The Labute approximate surface area is 113 Å². The molecule has 0 heterocycles. The molecule has 0 spiro atoms. The summed E-state index contributed by atoms with van der Waals surface area (Å²) in [7, 11) is 1.48. The lowest BCUT2D eigenvalue weighted by molar-refractivity contribution is -0.147. The van der Waals surface area contributed by atoms with Gasteiger partial charge in [0.15, 0.2) is 0 Å². The van der Waals surface area contributed by atoms with Gasteiger partial charge in [0, 0.05) is 5.56 Å². The zero-order valence-corrected chi connectivity index (χ0v) is 11.8. The molecule has 0 amide bonds. The highest BCUT2D eigenvalue weighted by atomic mass is 79.9. The Morgan fingerprint density at radius 2 is 2.17 bits per heavy atom. The van der Waals surface area contributed by atoms with Gasteiger partial charge in [0.1, 0.15) is 11.6 Å². The van der Waals surface area contributed by atoms with E-state index in [1.54, 1.807) is 6.92 Å². The third kappa shape index (κ3) is 1.72. The molecule has 0 saturated heterocycles. The second-order valence-electron chi connectivity index (χ2n) is 4.64. The number of rotatable bonds is 3. The maximum Gasteiger partial charge on any atom is 0.314 e. The Kier molecular flexibility index (Phi) is 3.36. The smallest absolute Gasteiger partial charge is 0.314 e. The van der Waals surface area contributed by atoms with Gasteiger partial charge in [-0.25, -0.2) is 4.39 Å². The van der Waals surface area contributed by atoms with Crippen LogP contribution in [0.5, 0.6) is 5.75 Å². The monoisotopic (exact) mass is 316 g/mol. The molecule has 18 heavy (non-hydrogen) atoms. The fourth-order valence-electron chi connectivity index (χ4n) is 2.53. The summed E-state index contributed by atoms with van der Waals surface area (Å²) < 4.78 is 19.3. The van der Waals surface area contributed by atoms with Crippen LogP contribution < -0.4 is 4.74 Å². The van der Waals surface area contributed by atoms with E-state index in [-0.39, 0.29) is 4.47 Å². The number of carboxylic acids is 1. The van der Waals surface area contributed by atoms with Crippen LogP contribution in [0.3, 0.4) is 0 Å². The summed E-state index contributed by atoms with van der Waals surface area (Å²) in [4.78, 5) is 11.5. The van der Waals surface area contributed by atoms with Gasteiger partial charge in [-0.15, -0.1) is 0 Å². The zero-order chi connectivity index (χ0) is 13.5. The Balaban J connectivity index is 2.72. The molecule has 1 aromatic rings. The van der Waals surface area contributed by atoms with E-state index in [1.807, 2.05) is 0 Å². The van der Waals surface area contributed by atoms with E-state index >= 15 is 0 Å². The number of aliphatic carboxylic acids is 1. The van der Waals surface area contributed by atoms with Crippen molar-refractivity contribution >= 4 is 21.9 Å². The largest absolute Gasteiger partial charge is 0.496 e. The number of hydrogen-bond donors (Lipinski definition) is 1. The highest BCUT2D eigenvalue weighted by Gasteiger charge is 2.49. The summed E-state index contributed by atoms with van der Waals surface area (Å²) >= 11 is 3.17. The fraction of sp³-hybridized carbons (Fsp3) is 0.462. The molecule has 0 atom stereocenters. The van der Waals surface area contributed by atoms with Crippen molar-refractivity contribution in [2.45, 2.75) is 31.6 Å². The topological polar surface area (TPSA) is 46.5 Å². The lowest BCUT2D eigenvalue weighted by Gasteiger charge is -2.39. The summed E-state index contributed by atoms with van der Waals surface area (Å²) in [5.41, 5.74) is 0.0267. The Hall–Kier alpha value is -1.10. The molecule has 1 aliphatic rings. The summed E-state index contributed by atoms with van der Waals surface area (Å²) in [5.74, 6) is -0.904. The molecule has 0 aromatic heterocycles. The van der Waals surface area contributed by atoms with Crippen molar-refractivity contribution in [3.63, 3.8) is 0 Å². The SMILES string of the molecule is COc1c(C)cc(F)c(Br)c1C1(C(=O)O)CCC1. The third-order valence-corrected chi connectivity index (χ3v) is 4.43. The maximum atomic E-state index is 13.8. The Bertz CT molecular complexity index is 509. The zero-order valence-electron chi connectivity index (χ0n) is 10.2. The first-order valence-corrected chi connectivity index (χ1v) is 6.50. The van der Waals surface area contributed by atoms with E-state index in [0.29, 0.717) is 29.7 Å². The van der Waals surface area contributed by atoms with Crippen LogP contribution in [0.15, 0.2) is 10.5 Å². The van der Waals surface area contributed by atoms with Crippen molar-refractivity contribution in [3.05, 3.63) is 27.5 Å². The van der Waals surface area contributed by atoms with Gasteiger partial charge < -0.3 is 9.84 Å². The number of ether oxygens (including phenoxy) is 1. The molecule has 1 fully saturated rings. The van der Waals surface area contributed by atoms with Crippen molar-refractivity contribution in [2.75, 3.05) is 7.11 Å². The number of carboxylic acid groups (broad SMARTS) is 1. The van der Waals surface area contributed by atoms with E-state index in [0.717, 1.165) is 6.42 Å². The first-order chi connectivity index (χ1) is 8.44. The van der Waals surface area contributed by atoms with Crippen LogP contribution in [0.2, 0.25) is 0 Å². The van der Waals surface area contributed by atoms with E-state index < -0.39 is 17.2 Å². The van der Waals surface area contributed by atoms with Gasteiger partial charge in [-0.05, 0) is 47.3 Å². The van der Waals surface area contributed by atoms with Crippen LogP contribution in [-0.2, 0) is 10.2 Å². The van der Waals surface area contributed by atoms with Gasteiger partial charge in [-0.3, -0.25) is 4.79 Å². The summed E-state index contributed by atoms with van der Waals surface area (Å²) in [6, 6.07) is 1.35. The second kappa shape index (κ2) is 4.53. The Morgan fingerprint density at radius 1 is 1.56 bits per heavy atom. The van der Waals surface area contributed by atoms with Crippen molar-refractivity contribution in [3.8, 4) is 5.75 Å². The van der Waals surface area contributed by atoms with Gasteiger partial charge in [0.25, 0.3) is 0 Å². The molecule has 5 heteroatoms.